The van der Waals surface area contributed by atoms with Crippen molar-refractivity contribution in [1.29, 1.82) is 0 Å². The summed E-state index contributed by atoms with van der Waals surface area (Å²) in [4.78, 5) is 0. The molecular formula is C14H24N2O3S2. The Hall–Kier alpha value is -0.470. The Balaban J connectivity index is 1.96. The second kappa shape index (κ2) is 7.69. The monoisotopic (exact) mass is 332 g/mol. The maximum absolute atomic E-state index is 12.4. The molecule has 0 aromatic carbocycles. The SMILES string of the molecule is CCCC(COC)NS(=O)(=O)c1cc(CNC2CC2)cs1. The van der Waals surface area contributed by atoms with E-state index in [1.165, 1.54) is 24.2 Å². The normalized spacial score (nSPS) is 17.0. The Labute approximate surface area is 131 Å². The molecule has 1 aromatic heterocycles. The summed E-state index contributed by atoms with van der Waals surface area (Å²) in [6.07, 6.45) is 4.14. The maximum atomic E-state index is 12.4. The molecule has 1 aliphatic rings. The van der Waals surface area contributed by atoms with E-state index in [1.807, 2.05) is 12.3 Å². The molecular weight excluding hydrogens is 308 g/mol. The lowest BCUT2D eigenvalue weighted by molar-refractivity contribution is 0.171. The van der Waals surface area contributed by atoms with Crippen LogP contribution < -0.4 is 10.0 Å². The minimum absolute atomic E-state index is 0.167. The molecule has 0 amide bonds. The van der Waals surface area contributed by atoms with Gasteiger partial charge in [0.1, 0.15) is 4.21 Å². The Morgan fingerprint density at radius 2 is 2.24 bits per heavy atom. The van der Waals surface area contributed by atoms with Gasteiger partial charge in [-0.2, -0.15) is 0 Å². The molecule has 0 saturated heterocycles. The molecule has 1 saturated carbocycles. The van der Waals surface area contributed by atoms with Crippen LogP contribution in [0.3, 0.4) is 0 Å². The van der Waals surface area contributed by atoms with Crippen LogP contribution in [-0.2, 0) is 21.3 Å². The Kier molecular flexibility index (Phi) is 6.19. The van der Waals surface area contributed by atoms with Crippen LogP contribution in [0.4, 0.5) is 0 Å². The van der Waals surface area contributed by atoms with Gasteiger partial charge in [0.15, 0.2) is 0 Å². The van der Waals surface area contributed by atoms with Crippen molar-refractivity contribution < 1.29 is 13.2 Å². The summed E-state index contributed by atoms with van der Waals surface area (Å²) in [5.41, 5.74) is 1.03. The van der Waals surface area contributed by atoms with Crippen LogP contribution in [0.15, 0.2) is 15.7 Å². The van der Waals surface area contributed by atoms with E-state index in [1.54, 1.807) is 13.2 Å². The van der Waals surface area contributed by atoms with Gasteiger partial charge in [0.2, 0.25) is 10.0 Å². The number of hydrogen-bond donors (Lipinski definition) is 2. The third-order valence-electron chi connectivity index (χ3n) is 3.39. The minimum Gasteiger partial charge on any atom is -0.383 e. The van der Waals surface area contributed by atoms with Gasteiger partial charge in [-0.1, -0.05) is 13.3 Å². The number of rotatable bonds is 10. The number of ether oxygens (including phenoxy) is 1. The lowest BCUT2D eigenvalue weighted by Gasteiger charge is -2.16. The molecule has 1 unspecified atom stereocenters. The zero-order chi connectivity index (χ0) is 15.3. The highest BCUT2D eigenvalue weighted by Gasteiger charge is 2.23. The first kappa shape index (κ1) is 16.9. The van der Waals surface area contributed by atoms with Gasteiger partial charge >= 0.3 is 0 Å². The summed E-state index contributed by atoms with van der Waals surface area (Å²) >= 11 is 1.28. The van der Waals surface area contributed by atoms with Crippen molar-refractivity contribution in [2.45, 2.75) is 55.4 Å². The fourth-order valence-electron chi connectivity index (χ4n) is 2.14. The quantitative estimate of drug-likeness (QED) is 0.688. The number of hydrogen-bond acceptors (Lipinski definition) is 5. The van der Waals surface area contributed by atoms with Crippen molar-refractivity contribution in [1.82, 2.24) is 10.0 Å². The van der Waals surface area contributed by atoms with Crippen LogP contribution in [0, 0.1) is 0 Å². The van der Waals surface area contributed by atoms with Crippen LogP contribution in [-0.4, -0.2) is 34.2 Å². The fourth-order valence-corrected chi connectivity index (χ4v) is 4.62. The van der Waals surface area contributed by atoms with Crippen molar-refractivity contribution in [3.63, 3.8) is 0 Å². The second-order valence-corrected chi connectivity index (χ2v) is 8.34. The molecule has 1 aromatic rings. The summed E-state index contributed by atoms with van der Waals surface area (Å²) in [6, 6.07) is 2.22. The molecule has 0 spiro atoms. The van der Waals surface area contributed by atoms with E-state index in [0.29, 0.717) is 16.9 Å². The molecule has 2 N–H and O–H groups in total. The fraction of sp³-hybridized carbons (Fsp3) is 0.714. The molecule has 5 nitrogen and oxygen atoms in total. The third-order valence-corrected chi connectivity index (χ3v) is 6.40. The lowest BCUT2D eigenvalue weighted by Crippen LogP contribution is -2.37. The van der Waals surface area contributed by atoms with E-state index >= 15 is 0 Å². The summed E-state index contributed by atoms with van der Waals surface area (Å²) in [5, 5.41) is 5.30. The van der Waals surface area contributed by atoms with Crippen molar-refractivity contribution in [3.05, 3.63) is 17.0 Å². The van der Waals surface area contributed by atoms with E-state index in [9.17, 15) is 8.42 Å². The van der Waals surface area contributed by atoms with Crippen LogP contribution in [0.1, 0.15) is 38.2 Å². The highest BCUT2D eigenvalue weighted by molar-refractivity contribution is 7.91. The molecule has 0 radical (unpaired) electrons. The third kappa shape index (κ3) is 5.34. The first-order valence-corrected chi connectivity index (χ1v) is 9.73. The zero-order valence-electron chi connectivity index (χ0n) is 12.6. The van der Waals surface area contributed by atoms with Crippen LogP contribution in [0.5, 0.6) is 0 Å². The predicted molar refractivity (Wildman–Crippen MR) is 85.1 cm³/mol. The average Bonchev–Trinajstić information content (AvgIpc) is 3.12. The van der Waals surface area contributed by atoms with E-state index in [0.717, 1.165) is 24.9 Å². The molecule has 1 aliphatic carbocycles. The maximum Gasteiger partial charge on any atom is 0.250 e. The summed E-state index contributed by atoms with van der Waals surface area (Å²) < 4.78 is 33.0. The Bertz CT molecular complexity index is 532. The number of methoxy groups -OCH3 is 1. The van der Waals surface area contributed by atoms with Crippen molar-refractivity contribution in [3.8, 4) is 0 Å². The summed E-state index contributed by atoms with van der Waals surface area (Å²) in [6.45, 7) is 3.17. The van der Waals surface area contributed by atoms with Gasteiger partial charge in [0, 0.05) is 25.7 Å². The number of sulfonamides is 1. The average molecular weight is 332 g/mol. The van der Waals surface area contributed by atoms with Gasteiger partial charge in [-0.25, -0.2) is 13.1 Å². The van der Waals surface area contributed by atoms with Crippen molar-refractivity contribution in [2.75, 3.05) is 13.7 Å². The molecule has 120 valence electrons. The van der Waals surface area contributed by atoms with Crippen molar-refractivity contribution in [2.24, 2.45) is 0 Å². The molecule has 1 atom stereocenters. The van der Waals surface area contributed by atoms with Crippen LogP contribution >= 0.6 is 11.3 Å². The lowest BCUT2D eigenvalue weighted by atomic mass is 10.2. The molecule has 0 aliphatic heterocycles. The molecule has 7 heteroatoms. The van der Waals surface area contributed by atoms with Gasteiger partial charge in [-0.3, -0.25) is 0 Å². The highest BCUT2D eigenvalue weighted by atomic mass is 32.2. The first-order valence-electron chi connectivity index (χ1n) is 7.37. The standard InChI is InChI=1S/C14H24N2O3S2/c1-3-4-13(9-19-2)16-21(17,18)14-7-11(10-20-14)8-15-12-5-6-12/h7,10,12-13,15-16H,3-6,8-9H2,1-2H3. The number of nitrogens with one attached hydrogen (secondary N) is 2. The molecule has 1 heterocycles. The summed E-state index contributed by atoms with van der Waals surface area (Å²) in [5.74, 6) is 0. The van der Waals surface area contributed by atoms with Gasteiger partial charge in [0.05, 0.1) is 6.61 Å². The molecule has 21 heavy (non-hydrogen) atoms. The van der Waals surface area contributed by atoms with Gasteiger partial charge in [-0.15, -0.1) is 11.3 Å². The smallest absolute Gasteiger partial charge is 0.250 e. The Morgan fingerprint density at radius 1 is 1.48 bits per heavy atom. The Morgan fingerprint density at radius 3 is 2.86 bits per heavy atom. The summed E-state index contributed by atoms with van der Waals surface area (Å²) in [7, 11) is -1.86. The van der Waals surface area contributed by atoms with E-state index in [-0.39, 0.29) is 6.04 Å². The van der Waals surface area contributed by atoms with Gasteiger partial charge in [-0.05, 0) is 36.3 Å². The topological polar surface area (TPSA) is 67.4 Å². The minimum atomic E-state index is -3.45. The van der Waals surface area contributed by atoms with Gasteiger partial charge < -0.3 is 10.1 Å². The van der Waals surface area contributed by atoms with Crippen molar-refractivity contribution >= 4 is 21.4 Å². The van der Waals surface area contributed by atoms with E-state index in [4.69, 9.17) is 4.74 Å². The van der Waals surface area contributed by atoms with Gasteiger partial charge in [0.25, 0.3) is 0 Å². The molecule has 0 bridgehead atoms. The zero-order valence-corrected chi connectivity index (χ0v) is 14.2. The van der Waals surface area contributed by atoms with Crippen LogP contribution in [0.25, 0.3) is 0 Å². The van der Waals surface area contributed by atoms with Crippen LogP contribution in [0.2, 0.25) is 0 Å². The van der Waals surface area contributed by atoms with E-state index in [2.05, 4.69) is 10.0 Å². The second-order valence-electron chi connectivity index (χ2n) is 5.49. The number of thiophene rings is 1. The molecule has 1 fully saturated rings. The molecule has 2 rings (SSSR count). The first-order chi connectivity index (χ1) is 10.0. The predicted octanol–water partition coefficient (Wildman–Crippen LogP) is 2.09. The largest absolute Gasteiger partial charge is 0.383 e. The van der Waals surface area contributed by atoms with E-state index < -0.39 is 10.0 Å². The highest BCUT2D eigenvalue weighted by Crippen LogP contribution is 2.23.